The van der Waals surface area contributed by atoms with Gasteiger partial charge in [-0.1, -0.05) is 26.8 Å². The summed E-state index contributed by atoms with van der Waals surface area (Å²) in [6, 6.07) is 4.83. The molecule has 0 fully saturated rings. The molecule has 4 heteroatoms. The van der Waals surface area contributed by atoms with Gasteiger partial charge in [0.25, 0.3) is 5.69 Å². The van der Waals surface area contributed by atoms with E-state index < -0.39 is 11.6 Å². The molecular formula is C13H17FNO2. The Labute approximate surface area is 101 Å². The molecule has 0 amide bonds. The van der Waals surface area contributed by atoms with Crippen molar-refractivity contribution >= 4 is 5.69 Å². The van der Waals surface area contributed by atoms with E-state index >= 15 is 0 Å². The third kappa shape index (κ3) is 3.80. The van der Waals surface area contributed by atoms with Gasteiger partial charge in [-0.05, 0) is 23.5 Å². The number of rotatable bonds is 5. The molecule has 0 heterocycles. The first-order valence-corrected chi connectivity index (χ1v) is 5.61. The molecule has 0 unspecified atom stereocenters. The van der Waals surface area contributed by atoms with Gasteiger partial charge in [-0.25, -0.2) is 0 Å². The second kappa shape index (κ2) is 5.75. The van der Waals surface area contributed by atoms with E-state index in [1.165, 1.54) is 6.07 Å². The maximum absolute atomic E-state index is 12.6. The highest BCUT2D eigenvalue weighted by atomic mass is 19.1. The number of nitro benzene ring substituents is 1. The van der Waals surface area contributed by atoms with Crippen molar-refractivity contribution in [2.45, 2.75) is 27.2 Å². The van der Waals surface area contributed by atoms with Crippen LogP contribution in [-0.2, 0) is 6.42 Å². The largest absolute Gasteiger partial charge is 0.269 e. The molecule has 0 aliphatic carbocycles. The van der Waals surface area contributed by atoms with Crippen molar-refractivity contribution in [2.24, 2.45) is 5.92 Å². The van der Waals surface area contributed by atoms with Crippen LogP contribution in [0.5, 0.6) is 0 Å². The monoisotopic (exact) mass is 238 g/mol. The Balaban J connectivity index is 3.13. The lowest BCUT2D eigenvalue weighted by atomic mass is 9.95. The molecule has 0 aromatic heterocycles. The van der Waals surface area contributed by atoms with Crippen molar-refractivity contribution < 1.29 is 9.31 Å². The van der Waals surface area contributed by atoms with Gasteiger partial charge in [-0.15, -0.1) is 0 Å². The number of nitro groups is 1. The Morgan fingerprint density at radius 1 is 1.41 bits per heavy atom. The average Bonchev–Trinajstić information content (AvgIpc) is 2.26. The minimum Gasteiger partial charge on any atom is -0.258 e. The van der Waals surface area contributed by atoms with Crippen molar-refractivity contribution in [1.82, 2.24) is 0 Å². The number of non-ortho nitro benzene ring substituents is 1. The summed E-state index contributed by atoms with van der Waals surface area (Å²) in [5.74, 6) is 0.939. The summed E-state index contributed by atoms with van der Waals surface area (Å²) in [5.41, 5.74) is 1.54. The fourth-order valence-electron chi connectivity index (χ4n) is 1.69. The highest BCUT2D eigenvalue weighted by Crippen LogP contribution is 2.24. The van der Waals surface area contributed by atoms with Crippen molar-refractivity contribution in [1.29, 1.82) is 0 Å². The van der Waals surface area contributed by atoms with Crippen LogP contribution in [0.3, 0.4) is 0 Å². The lowest BCUT2D eigenvalue weighted by Crippen LogP contribution is -2.02. The molecule has 93 valence electrons. The first-order valence-electron chi connectivity index (χ1n) is 5.61. The second-order valence-corrected chi connectivity index (χ2v) is 4.66. The SMILES string of the molecule is C[C](CF)c1cc(CC(C)C)cc([N+](=O)[O-])c1. The third-order valence-corrected chi connectivity index (χ3v) is 2.53. The smallest absolute Gasteiger partial charge is 0.258 e. The molecule has 0 saturated heterocycles. The topological polar surface area (TPSA) is 43.1 Å². The highest BCUT2D eigenvalue weighted by molar-refractivity contribution is 5.44. The molecule has 0 aliphatic rings. The zero-order chi connectivity index (χ0) is 13.0. The summed E-state index contributed by atoms with van der Waals surface area (Å²) in [5, 5.41) is 10.8. The lowest BCUT2D eigenvalue weighted by Gasteiger charge is -2.10. The average molecular weight is 238 g/mol. The first kappa shape index (κ1) is 13.6. The van der Waals surface area contributed by atoms with Gasteiger partial charge in [0.15, 0.2) is 0 Å². The molecule has 0 saturated carbocycles. The molecule has 1 aromatic carbocycles. The standard InChI is InChI=1S/C13H17FNO2/c1-9(2)4-11-5-12(10(3)8-14)7-13(6-11)15(16)17/h5-7,9H,4,8H2,1-3H3. The summed E-state index contributed by atoms with van der Waals surface area (Å²) in [6.45, 7) is 5.16. The van der Waals surface area contributed by atoms with E-state index in [2.05, 4.69) is 0 Å². The number of alkyl halides is 1. The second-order valence-electron chi connectivity index (χ2n) is 4.66. The van der Waals surface area contributed by atoms with Crippen LogP contribution in [0.4, 0.5) is 10.1 Å². The first-order chi connectivity index (χ1) is 7.93. The molecule has 17 heavy (non-hydrogen) atoms. The number of halogens is 1. The number of nitrogens with zero attached hydrogens (tertiary/aromatic N) is 1. The fraction of sp³-hybridized carbons (Fsp3) is 0.462. The van der Waals surface area contributed by atoms with Gasteiger partial charge in [0.05, 0.1) is 11.6 Å². The van der Waals surface area contributed by atoms with Crippen LogP contribution in [0.1, 0.15) is 31.9 Å². The number of hydrogen-bond donors (Lipinski definition) is 0. The van der Waals surface area contributed by atoms with Crippen LogP contribution in [0.25, 0.3) is 0 Å². The van der Waals surface area contributed by atoms with Gasteiger partial charge in [0, 0.05) is 18.1 Å². The Morgan fingerprint density at radius 2 is 2.06 bits per heavy atom. The summed E-state index contributed by atoms with van der Waals surface area (Å²) < 4.78 is 12.6. The van der Waals surface area contributed by atoms with E-state index in [0.717, 1.165) is 12.0 Å². The summed E-state index contributed by atoms with van der Waals surface area (Å²) >= 11 is 0. The molecule has 1 rings (SSSR count). The molecule has 1 radical (unpaired) electrons. The molecule has 0 bridgehead atoms. The van der Waals surface area contributed by atoms with E-state index in [9.17, 15) is 14.5 Å². The molecule has 0 spiro atoms. The van der Waals surface area contributed by atoms with E-state index in [1.807, 2.05) is 19.9 Å². The number of benzene rings is 1. The molecule has 3 nitrogen and oxygen atoms in total. The van der Waals surface area contributed by atoms with E-state index in [1.54, 1.807) is 13.0 Å². The Kier molecular flexibility index (Phi) is 4.61. The predicted octanol–water partition coefficient (Wildman–Crippen LogP) is 3.71. The Bertz CT molecular complexity index is 404. The molecular weight excluding hydrogens is 221 g/mol. The molecule has 0 atom stereocenters. The van der Waals surface area contributed by atoms with Crippen molar-refractivity contribution in [3.8, 4) is 0 Å². The van der Waals surface area contributed by atoms with Gasteiger partial charge in [-0.2, -0.15) is 0 Å². The van der Waals surface area contributed by atoms with Gasteiger partial charge >= 0.3 is 0 Å². The summed E-state index contributed by atoms with van der Waals surface area (Å²) in [4.78, 5) is 10.4. The summed E-state index contributed by atoms with van der Waals surface area (Å²) in [7, 11) is 0. The van der Waals surface area contributed by atoms with Crippen LogP contribution in [0.15, 0.2) is 18.2 Å². The van der Waals surface area contributed by atoms with E-state index in [-0.39, 0.29) is 5.69 Å². The van der Waals surface area contributed by atoms with E-state index in [0.29, 0.717) is 17.4 Å². The van der Waals surface area contributed by atoms with Crippen LogP contribution in [-0.4, -0.2) is 11.6 Å². The van der Waals surface area contributed by atoms with Gasteiger partial charge in [0.2, 0.25) is 0 Å². The van der Waals surface area contributed by atoms with Gasteiger partial charge in [0.1, 0.15) is 0 Å². The normalized spacial score (nSPS) is 11.2. The van der Waals surface area contributed by atoms with Crippen LogP contribution in [0, 0.1) is 22.0 Å². The number of hydrogen-bond acceptors (Lipinski definition) is 2. The lowest BCUT2D eigenvalue weighted by molar-refractivity contribution is -0.385. The predicted molar refractivity (Wildman–Crippen MR) is 65.6 cm³/mol. The van der Waals surface area contributed by atoms with Crippen molar-refractivity contribution in [3.63, 3.8) is 0 Å². The Morgan fingerprint density at radius 3 is 2.53 bits per heavy atom. The fourth-order valence-corrected chi connectivity index (χ4v) is 1.69. The zero-order valence-electron chi connectivity index (χ0n) is 10.4. The van der Waals surface area contributed by atoms with Crippen molar-refractivity contribution in [2.75, 3.05) is 6.67 Å². The molecule has 0 N–H and O–H groups in total. The highest BCUT2D eigenvalue weighted by Gasteiger charge is 2.14. The summed E-state index contributed by atoms with van der Waals surface area (Å²) in [6.07, 6.45) is 0.758. The van der Waals surface area contributed by atoms with Gasteiger partial charge < -0.3 is 0 Å². The zero-order valence-corrected chi connectivity index (χ0v) is 10.4. The maximum atomic E-state index is 12.6. The molecule has 1 aromatic rings. The quantitative estimate of drug-likeness (QED) is 0.579. The maximum Gasteiger partial charge on any atom is 0.269 e. The minimum absolute atomic E-state index is 0.0333. The van der Waals surface area contributed by atoms with Crippen molar-refractivity contribution in [3.05, 3.63) is 45.4 Å². The Hall–Kier alpha value is -1.45. The minimum atomic E-state index is -0.581. The van der Waals surface area contributed by atoms with Crippen LogP contribution in [0.2, 0.25) is 0 Å². The van der Waals surface area contributed by atoms with Crippen LogP contribution < -0.4 is 0 Å². The third-order valence-electron chi connectivity index (χ3n) is 2.53. The van der Waals surface area contributed by atoms with Crippen LogP contribution >= 0.6 is 0 Å². The van der Waals surface area contributed by atoms with Gasteiger partial charge in [-0.3, -0.25) is 14.5 Å². The molecule has 0 aliphatic heterocycles. The van der Waals surface area contributed by atoms with E-state index in [4.69, 9.17) is 0 Å².